The van der Waals surface area contributed by atoms with Crippen LogP contribution < -0.4 is 5.32 Å². The molecule has 3 rings (SSSR count). The van der Waals surface area contributed by atoms with Crippen LogP contribution in [-0.2, 0) is 27.8 Å². The highest BCUT2D eigenvalue weighted by molar-refractivity contribution is 7.99. The minimum absolute atomic E-state index is 0.129. The average Bonchev–Trinajstić information content (AvgIpc) is 3.24. The summed E-state index contributed by atoms with van der Waals surface area (Å²) < 4.78 is 5.25. The summed E-state index contributed by atoms with van der Waals surface area (Å²) in [4.78, 5) is 30.7. The molecule has 0 saturated carbocycles. The number of fused-ring (bicyclic) bond motifs is 1. The number of ether oxygens (including phenoxy) is 1. The lowest BCUT2D eigenvalue weighted by Gasteiger charge is -2.18. The summed E-state index contributed by atoms with van der Waals surface area (Å²) in [7, 11) is 0. The second-order valence-electron chi connectivity index (χ2n) is 8.33. The van der Waals surface area contributed by atoms with E-state index in [0.29, 0.717) is 28.2 Å². The van der Waals surface area contributed by atoms with E-state index in [9.17, 15) is 9.59 Å². The van der Waals surface area contributed by atoms with Gasteiger partial charge in [0.1, 0.15) is 10.8 Å². The monoisotopic (exact) mass is 436 g/mol. The molecule has 0 fully saturated rings. The van der Waals surface area contributed by atoms with E-state index in [0.717, 1.165) is 30.7 Å². The van der Waals surface area contributed by atoms with Crippen LogP contribution in [-0.4, -0.2) is 39.4 Å². The normalized spacial score (nSPS) is 16.4. The smallest absolute Gasteiger partial charge is 0.341 e. The van der Waals surface area contributed by atoms with Crippen LogP contribution in [0.4, 0.5) is 5.00 Å². The number of hydrogen-bond donors (Lipinski definition) is 2. The first kappa shape index (κ1) is 21.8. The highest BCUT2D eigenvalue weighted by Crippen LogP contribution is 2.40. The predicted molar refractivity (Wildman–Crippen MR) is 116 cm³/mol. The van der Waals surface area contributed by atoms with Crippen molar-refractivity contribution < 1.29 is 14.3 Å². The van der Waals surface area contributed by atoms with Crippen molar-refractivity contribution in [3.63, 3.8) is 0 Å². The van der Waals surface area contributed by atoms with Crippen molar-refractivity contribution in [3.8, 4) is 0 Å². The van der Waals surface area contributed by atoms with E-state index in [4.69, 9.17) is 4.74 Å². The summed E-state index contributed by atoms with van der Waals surface area (Å²) in [5, 5.41) is 11.1. The van der Waals surface area contributed by atoms with E-state index in [1.54, 1.807) is 6.92 Å². The third kappa shape index (κ3) is 5.19. The highest BCUT2D eigenvalue weighted by atomic mass is 32.2. The molecular weight excluding hydrogens is 408 g/mol. The van der Waals surface area contributed by atoms with Crippen LogP contribution >= 0.6 is 23.1 Å². The molecule has 2 heterocycles. The molecule has 2 aromatic rings. The molecular formula is C20H28N4O3S2. The third-order valence-corrected chi connectivity index (χ3v) is 6.77. The lowest BCUT2D eigenvalue weighted by Crippen LogP contribution is -2.17. The fourth-order valence-electron chi connectivity index (χ4n) is 3.20. The Morgan fingerprint density at radius 3 is 2.79 bits per heavy atom. The molecule has 2 aromatic heterocycles. The molecule has 0 aromatic carbocycles. The quantitative estimate of drug-likeness (QED) is 0.520. The van der Waals surface area contributed by atoms with Gasteiger partial charge in [-0.3, -0.25) is 9.89 Å². The maximum atomic E-state index is 12.6. The van der Waals surface area contributed by atoms with Crippen LogP contribution in [0, 0.1) is 5.92 Å². The van der Waals surface area contributed by atoms with Crippen LogP contribution in [0.2, 0.25) is 0 Å². The molecule has 0 bridgehead atoms. The number of amides is 1. The maximum Gasteiger partial charge on any atom is 0.341 e. The van der Waals surface area contributed by atoms with Gasteiger partial charge in [0.25, 0.3) is 0 Å². The van der Waals surface area contributed by atoms with Gasteiger partial charge in [0.05, 0.1) is 17.9 Å². The number of nitrogens with one attached hydrogen (secondary N) is 2. The SMILES string of the molecule is CCOC(=O)c1c(NC(=O)CSc2n[nH]c(C(C)(C)C)n2)sc2c1CC[C@@H](C)C2. The number of thioether (sulfide) groups is 1. The lowest BCUT2D eigenvalue weighted by molar-refractivity contribution is -0.113. The van der Waals surface area contributed by atoms with E-state index < -0.39 is 0 Å². The molecule has 1 amide bonds. The molecule has 0 spiro atoms. The van der Waals surface area contributed by atoms with Gasteiger partial charge >= 0.3 is 5.97 Å². The Labute approximate surface area is 179 Å². The number of thiophene rings is 1. The molecule has 1 atom stereocenters. The van der Waals surface area contributed by atoms with E-state index in [2.05, 4.69) is 27.4 Å². The zero-order chi connectivity index (χ0) is 21.2. The summed E-state index contributed by atoms with van der Waals surface area (Å²) in [5.74, 6) is 0.992. The minimum atomic E-state index is -0.355. The van der Waals surface area contributed by atoms with Crippen molar-refractivity contribution in [3.05, 3.63) is 21.8 Å². The van der Waals surface area contributed by atoms with Gasteiger partial charge in [-0.1, -0.05) is 39.5 Å². The first-order valence-electron chi connectivity index (χ1n) is 9.86. The molecule has 1 aliphatic carbocycles. The van der Waals surface area contributed by atoms with Crippen molar-refractivity contribution in [2.24, 2.45) is 5.92 Å². The van der Waals surface area contributed by atoms with Crippen molar-refractivity contribution in [2.75, 3.05) is 17.7 Å². The predicted octanol–water partition coefficient (Wildman–Crippen LogP) is 4.20. The standard InChI is InChI=1S/C20H28N4O3S2/c1-6-27-17(26)15-12-8-7-11(2)9-13(12)29-16(15)21-14(25)10-28-19-22-18(23-24-19)20(3,4)5/h11H,6-10H2,1-5H3,(H,21,25)(H,22,23,24)/t11-/m1/s1. The molecule has 29 heavy (non-hydrogen) atoms. The number of nitrogens with zero attached hydrogens (tertiary/aromatic N) is 2. The van der Waals surface area contributed by atoms with Crippen molar-refractivity contribution >= 4 is 40.0 Å². The number of anilines is 1. The van der Waals surface area contributed by atoms with Crippen LogP contribution in [0.5, 0.6) is 0 Å². The van der Waals surface area contributed by atoms with Gasteiger partial charge in [-0.25, -0.2) is 9.78 Å². The second-order valence-corrected chi connectivity index (χ2v) is 10.4. The van der Waals surface area contributed by atoms with Crippen molar-refractivity contribution in [1.82, 2.24) is 15.2 Å². The van der Waals surface area contributed by atoms with Crippen LogP contribution in [0.25, 0.3) is 0 Å². The summed E-state index contributed by atoms with van der Waals surface area (Å²) in [6.07, 6.45) is 2.82. The Morgan fingerprint density at radius 1 is 1.38 bits per heavy atom. The second kappa shape index (κ2) is 8.87. The summed E-state index contributed by atoms with van der Waals surface area (Å²) in [6.45, 7) is 10.5. The number of aromatic nitrogens is 3. The van der Waals surface area contributed by atoms with Gasteiger partial charge in [-0.05, 0) is 37.7 Å². The van der Waals surface area contributed by atoms with Crippen LogP contribution in [0.1, 0.15) is 67.7 Å². The van der Waals surface area contributed by atoms with Crippen LogP contribution in [0.15, 0.2) is 5.16 Å². The summed E-state index contributed by atoms with van der Waals surface area (Å²) >= 11 is 2.77. The minimum Gasteiger partial charge on any atom is -0.462 e. The number of esters is 1. The summed E-state index contributed by atoms with van der Waals surface area (Å²) in [5.41, 5.74) is 1.44. The first-order chi connectivity index (χ1) is 13.7. The third-order valence-electron chi connectivity index (χ3n) is 4.75. The number of rotatable bonds is 6. The number of aromatic amines is 1. The fraction of sp³-hybridized carbons (Fsp3) is 0.600. The zero-order valence-electron chi connectivity index (χ0n) is 17.5. The molecule has 0 radical (unpaired) electrons. The maximum absolute atomic E-state index is 12.6. The van der Waals surface area contributed by atoms with E-state index >= 15 is 0 Å². The Kier molecular flexibility index (Phi) is 6.68. The molecule has 0 saturated heterocycles. The van der Waals surface area contributed by atoms with E-state index in [-0.39, 0.29) is 23.0 Å². The van der Waals surface area contributed by atoms with Crippen molar-refractivity contribution in [2.45, 2.75) is 64.5 Å². The van der Waals surface area contributed by atoms with Gasteiger partial charge < -0.3 is 10.1 Å². The average molecular weight is 437 g/mol. The largest absolute Gasteiger partial charge is 0.462 e. The lowest BCUT2D eigenvalue weighted by atomic mass is 9.88. The molecule has 9 heteroatoms. The van der Waals surface area contributed by atoms with Gasteiger partial charge in [0.2, 0.25) is 11.1 Å². The van der Waals surface area contributed by atoms with Gasteiger partial charge in [0.15, 0.2) is 0 Å². The van der Waals surface area contributed by atoms with E-state index in [1.807, 2.05) is 20.8 Å². The highest BCUT2D eigenvalue weighted by Gasteiger charge is 2.29. The Morgan fingerprint density at radius 2 is 2.14 bits per heavy atom. The topological polar surface area (TPSA) is 97.0 Å². The Bertz CT molecular complexity index is 898. The van der Waals surface area contributed by atoms with Crippen LogP contribution in [0.3, 0.4) is 0 Å². The molecule has 7 nitrogen and oxygen atoms in total. The number of H-pyrrole nitrogens is 1. The fourth-order valence-corrected chi connectivity index (χ4v) is 5.21. The van der Waals surface area contributed by atoms with Gasteiger partial charge in [-0.15, -0.1) is 16.4 Å². The van der Waals surface area contributed by atoms with Crippen molar-refractivity contribution in [1.29, 1.82) is 0 Å². The molecule has 0 aliphatic heterocycles. The Hall–Kier alpha value is -1.87. The number of carbonyl (C=O) groups excluding carboxylic acids is 2. The first-order valence-corrected chi connectivity index (χ1v) is 11.7. The van der Waals surface area contributed by atoms with Gasteiger partial charge in [0, 0.05) is 10.3 Å². The molecule has 2 N–H and O–H groups in total. The molecule has 0 unspecified atom stereocenters. The molecule has 1 aliphatic rings. The summed E-state index contributed by atoms with van der Waals surface area (Å²) in [6, 6.07) is 0. The zero-order valence-corrected chi connectivity index (χ0v) is 19.2. The van der Waals surface area contributed by atoms with E-state index in [1.165, 1.54) is 28.0 Å². The Balaban J connectivity index is 1.71. The number of hydrogen-bond acceptors (Lipinski definition) is 7. The number of carbonyl (C=O) groups is 2. The van der Waals surface area contributed by atoms with Gasteiger partial charge in [-0.2, -0.15) is 0 Å². The molecule has 158 valence electrons.